The van der Waals surface area contributed by atoms with Gasteiger partial charge in [0.25, 0.3) is 5.56 Å². The Bertz CT molecular complexity index is 1060. The number of H-pyrrole nitrogens is 1. The van der Waals surface area contributed by atoms with Crippen molar-refractivity contribution in [3.8, 4) is 5.69 Å². The molecule has 3 atom stereocenters. The Morgan fingerprint density at radius 2 is 2.07 bits per heavy atom. The number of hydrogen-bond donors (Lipinski definition) is 2. The summed E-state index contributed by atoms with van der Waals surface area (Å²) in [5.74, 6) is 1.29. The number of carbonyl (C=O) groups excluding carboxylic acids is 1. The average Bonchev–Trinajstić information content (AvgIpc) is 3.15. The molecule has 152 valence electrons. The number of nitrogens with zero attached hydrogens (tertiary/aromatic N) is 3. The Morgan fingerprint density at radius 1 is 1.28 bits per heavy atom. The highest BCUT2D eigenvalue weighted by molar-refractivity contribution is 7.99. The molecular formula is C21H25N5O2S. The standard InChI is InChI=1S/C21H25N5O2S/c1-13-7-6-10-17(14(13)2)23-18(27)12-29-21-24-19-16(20(28)25-21)11-22-26(19)15-8-4-3-5-9-15/h3-5,8-9,11,13-14,17H,6-7,10,12H2,1-2H3,(H,23,27)(H,24,25,28). The minimum Gasteiger partial charge on any atom is -0.352 e. The monoisotopic (exact) mass is 411 g/mol. The van der Waals surface area contributed by atoms with E-state index in [4.69, 9.17) is 0 Å². The maximum absolute atomic E-state index is 12.5. The molecule has 7 nitrogen and oxygen atoms in total. The smallest absolute Gasteiger partial charge is 0.262 e. The number of benzene rings is 1. The van der Waals surface area contributed by atoms with Crippen molar-refractivity contribution in [2.24, 2.45) is 11.8 Å². The maximum atomic E-state index is 12.5. The van der Waals surface area contributed by atoms with Crippen LogP contribution in [0.15, 0.2) is 46.5 Å². The van der Waals surface area contributed by atoms with Gasteiger partial charge >= 0.3 is 0 Å². The molecule has 0 saturated heterocycles. The lowest BCUT2D eigenvalue weighted by molar-refractivity contribution is -0.120. The van der Waals surface area contributed by atoms with Crippen LogP contribution in [-0.2, 0) is 4.79 Å². The number of fused-ring (bicyclic) bond motifs is 1. The Balaban J connectivity index is 1.48. The van der Waals surface area contributed by atoms with Crippen molar-refractivity contribution in [3.63, 3.8) is 0 Å². The summed E-state index contributed by atoms with van der Waals surface area (Å²) in [4.78, 5) is 32.2. The predicted molar refractivity (Wildman–Crippen MR) is 114 cm³/mol. The number of aromatic amines is 1. The largest absolute Gasteiger partial charge is 0.352 e. The summed E-state index contributed by atoms with van der Waals surface area (Å²) in [5.41, 5.74) is 1.06. The first-order valence-electron chi connectivity index (χ1n) is 9.98. The highest BCUT2D eigenvalue weighted by atomic mass is 32.2. The first-order chi connectivity index (χ1) is 14.0. The molecule has 3 aromatic rings. The number of aromatic nitrogens is 4. The van der Waals surface area contributed by atoms with Gasteiger partial charge in [0.15, 0.2) is 10.8 Å². The van der Waals surface area contributed by atoms with E-state index in [1.165, 1.54) is 24.4 Å². The summed E-state index contributed by atoms with van der Waals surface area (Å²) in [7, 11) is 0. The predicted octanol–water partition coefficient (Wildman–Crippen LogP) is 3.14. The van der Waals surface area contributed by atoms with E-state index < -0.39 is 0 Å². The van der Waals surface area contributed by atoms with Crippen LogP contribution in [0.3, 0.4) is 0 Å². The zero-order valence-corrected chi connectivity index (χ0v) is 17.4. The molecule has 0 bridgehead atoms. The third-order valence-electron chi connectivity index (χ3n) is 5.81. The molecule has 29 heavy (non-hydrogen) atoms. The fraction of sp³-hybridized carbons (Fsp3) is 0.429. The second-order valence-corrected chi connectivity index (χ2v) is 8.69. The summed E-state index contributed by atoms with van der Waals surface area (Å²) in [6, 6.07) is 9.76. The second kappa shape index (κ2) is 8.41. The van der Waals surface area contributed by atoms with Gasteiger partial charge in [-0.2, -0.15) is 5.10 Å². The third-order valence-corrected chi connectivity index (χ3v) is 6.68. The molecular weight excluding hydrogens is 386 g/mol. The zero-order valence-electron chi connectivity index (χ0n) is 16.6. The number of thioether (sulfide) groups is 1. The second-order valence-electron chi connectivity index (χ2n) is 7.73. The normalized spacial score (nSPS) is 21.9. The van der Waals surface area contributed by atoms with Gasteiger partial charge < -0.3 is 10.3 Å². The van der Waals surface area contributed by atoms with E-state index in [0.29, 0.717) is 28.0 Å². The van der Waals surface area contributed by atoms with E-state index in [1.807, 2.05) is 30.3 Å². The minimum absolute atomic E-state index is 0.0275. The molecule has 0 spiro atoms. The molecule has 1 aliphatic carbocycles. The molecule has 4 rings (SSSR count). The molecule has 1 amide bonds. The van der Waals surface area contributed by atoms with E-state index in [2.05, 4.69) is 34.2 Å². The van der Waals surface area contributed by atoms with E-state index in [0.717, 1.165) is 18.5 Å². The van der Waals surface area contributed by atoms with Crippen LogP contribution in [0.1, 0.15) is 33.1 Å². The number of rotatable bonds is 5. The van der Waals surface area contributed by atoms with E-state index in [-0.39, 0.29) is 23.3 Å². The number of carbonyl (C=O) groups is 1. The molecule has 1 aliphatic rings. The highest BCUT2D eigenvalue weighted by Crippen LogP contribution is 2.29. The molecule has 2 aromatic heterocycles. The van der Waals surface area contributed by atoms with Crippen LogP contribution in [0.4, 0.5) is 0 Å². The van der Waals surface area contributed by atoms with Crippen molar-refractivity contribution in [1.29, 1.82) is 0 Å². The van der Waals surface area contributed by atoms with Crippen molar-refractivity contribution in [2.75, 3.05) is 5.75 Å². The molecule has 0 aliphatic heterocycles. The molecule has 2 N–H and O–H groups in total. The maximum Gasteiger partial charge on any atom is 0.262 e. The first kappa shape index (κ1) is 19.7. The van der Waals surface area contributed by atoms with Gasteiger partial charge in [-0.1, -0.05) is 56.7 Å². The van der Waals surface area contributed by atoms with Crippen LogP contribution >= 0.6 is 11.8 Å². The lowest BCUT2D eigenvalue weighted by atomic mass is 9.78. The van der Waals surface area contributed by atoms with Crippen LogP contribution in [0, 0.1) is 11.8 Å². The zero-order chi connectivity index (χ0) is 20.4. The fourth-order valence-electron chi connectivity index (χ4n) is 3.89. The lowest BCUT2D eigenvalue weighted by Crippen LogP contribution is -2.44. The van der Waals surface area contributed by atoms with Gasteiger partial charge in [0.05, 0.1) is 17.6 Å². The topological polar surface area (TPSA) is 92.7 Å². The van der Waals surface area contributed by atoms with Gasteiger partial charge in [-0.15, -0.1) is 0 Å². The molecule has 1 fully saturated rings. The van der Waals surface area contributed by atoms with Crippen molar-refractivity contribution in [1.82, 2.24) is 25.1 Å². The SMILES string of the molecule is CC1CCCC(NC(=O)CSc2nc3c(cnn3-c3ccccc3)c(=O)[nH]2)C1C. The van der Waals surface area contributed by atoms with Crippen molar-refractivity contribution < 1.29 is 4.79 Å². The summed E-state index contributed by atoms with van der Waals surface area (Å²) in [5, 5.41) is 8.30. The van der Waals surface area contributed by atoms with Gasteiger partial charge in [0.2, 0.25) is 5.91 Å². The summed E-state index contributed by atoms with van der Waals surface area (Å²) < 4.78 is 1.64. The van der Waals surface area contributed by atoms with E-state index in [1.54, 1.807) is 4.68 Å². The molecule has 2 heterocycles. The summed E-state index contributed by atoms with van der Waals surface area (Å²) in [6.07, 6.45) is 4.92. The molecule has 0 radical (unpaired) electrons. The van der Waals surface area contributed by atoms with Crippen molar-refractivity contribution >= 4 is 28.7 Å². The number of para-hydroxylation sites is 1. The van der Waals surface area contributed by atoms with Gasteiger partial charge in [-0.3, -0.25) is 9.59 Å². The molecule has 1 saturated carbocycles. The van der Waals surface area contributed by atoms with Crippen LogP contribution in [0.5, 0.6) is 0 Å². The summed E-state index contributed by atoms with van der Waals surface area (Å²) >= 11 is 1.24. The van der Waals surface area contributed by atoms with Crippen LogP contribution in [0.25, 0.3) is 16.7 Å². The van der Waals surface area contributed by atoms with Gasteiger partial charge in [0.1, 0.15) is 5.39 Å². The quantitative estimate of drug-likeness (QED) is 0.497. The van der Waals surface area contributed by atoms with Crippen molar-refractivity contribution in [3.05, 3.63) is 46.9 Å². The Labute approximate surface area is 173 Å². The fourth-order valence-corrected chi connectivity index (χ4v) is 4.56. The van der Waals surface area contributed by atoms with Crippen molar-refractivity contribution in [2.45, 2.75) is 44.3 Å². The molecule has 8 heteroatoms. The number of nitrogens with one attached hydrogen (secondary N) is 2. The highest BCUT2D eigenvalue weighted by Gasteiger charge is 2.28. The third kappa shape index (κ3) is 4.22. The minimum atomic E-state index is -0.255. The summed E-state index contributed by atoms with van der Waals surface area (Å²) in [6.45, 7) is 4.46. The number of hydrogen-bond acceptors (Lipinski definition) is 5. The average molecular weight is 412 g/mol. The lowest BCUT2D eigenvalue weighted by Gasteiger charge is -2.34. The van der Waals surface area contributed by atoms with Gasteiger partial charge in [0, 0.05) is 6.04 Å². The van der Waals surface area contributed by atoms with Gasteiger partial charge in [-0.05, 0) is 30.4 Å². The Kier molecular flexibility index (Phi) is 5.71. The van der Waals surface area contributed by atoms with Crippen LogP contribution < -0.4 is 10.9 Å². The van der Waals surface area contributed by atoms with Gasteiger partial charge in [-0.25, -0.2) is 9.67 Å². The first-order valence-corrected chi connectivity index (χ1v) is 11.0. The Hall–Kier alpha value is -2.61. The molecule has 3 unspecified atom stereocenters. The number of amides is 1. The molecule has 1 aromatic carbocycles. The van der Waals surface area contributed by atoms with E-state index >= 15 is 0 Å². The van der Waals surface area contributed by atoms with E-state index in [9.17, 15) is 9.59 Å². The van der Waals surface area contributed by atoms with Crippen LogP contribution in [-0.4, -0.2) is 37.5 Å². The Morgan fingerprint density at radius 3 is 2.86 bits per heavy atom. The van der Waals surface area contributed by atoms with Crippen LogP contribution in [0.2, 0.25) is 0 Å².